The predicted octanol–water partition coefficient (Wildman–Crippen LogP) is 2.09. The molecule has 7 nitrogen and oxygen atoms in total. The van der Waals surface area contributed by atoms with E-state index >= 15 is 0 Å². The molecule has 1 heterocycles. The lowest BCUT2D eigenvalue weighted by Crippen LogP contribution is -2.16. The summed E-state index contributed by atoms with van der Waals surface area (Å²) in [6.07, 6.45) is 0.0693. The van der Waals surface area contributed by atoms with Gasteiger partial charge in [-0.05, 0) is 19.1 Å². The maximum Gasteiger partial charge on any atom is 0.339 e. The van der Waals surface area contributed by atoms with Gasteiger partial charge in [0.15, 0.2) is 5.82 Å². The van der Waals surface area contributed by atoms with Gasteiger partial charge in [0.1, 0.15) is 17.1 Å². The number of nitrogens with zero attached hydrogens (tertiary/aromatic N) is 1. The van der Waals surface area contributed by atoms with Crippen molar-refractivity contribution in [2.75, 3.05) is 11.9 Å². The van der Waals surface area contributed by atoms with E-state index in [0.29, 0.717) is 11.6 Å². The summed E-state index contributed by atoms with van der Waals surface area (Å²) < 4.78 is 10.1. The minimum absolute atomic E-state index is 0.0602. The number of carboxylic acids is 1. The number of para-hydroxylation sites is 1. The van der Waals surface area contributed by atoms with E-state index in [1.165, 1.54) is 6.07 Å². The fraction of sp³-hybridized carbons (Fsp3) is 0.214. The third kappa shape index (κ3) is 4.07. The Morgan fingerprint density at radius 3 is 2.81 bits per heavy atom. The molecule has 0 saturated heterocycles. The van der Waals surface area contributed by atoms with Crippen molar-refractivity contribution in [3.8, 4) is 5.75 Å². The number of ether oxygens (including phenoxy) is 1. The largest absolute Gasteiger partial charge is 0.492 e. The molecule has 2 N–H and O–H groups in total. The first kappa shape index (κ1) is 14.6. The van der Waals surface area contributed by atoms with Crippen molar-refractivity contribution >= 4 is 17.7 Å². The van der Waals surface area contributed by atoms with Gasteiger partial charge in [-0.1, -0.05) is 17.3 Å². The molecule has 0 aliphatic rings. The van der Waals surface area contributed by atoms with Gasteiger partial charge in [0.05, 0.1) is 13.0 Å². The fourth-order valence-electron chi connectivity index (χ4n) is 1.65. The summed E-state index contributed by atoms with van der Waals surface area (Å²) >= 11 is 0. The van der Waals surface area contributed by atoms with E-state index in [1.54, 1.807) is 31.2 Å². The van der Waals surface area contributed by atoms with Crippen LogP contribution in [0.15, 0.2) is 34.9 Å². The monoisotopic (exact) mass is 290 g/mol. The van der Waals surface area contributed by atoms with Crippen molar-refractivity contribution in [1.82, 2.24) is 5.16 Å². The fourth-order valence-corrected chi connectivity index (χ4v) is 1.65. The summed E-state index contributed by atoms with van der Waals surface area (Å²) in [4.78, 5) is 22.6. The summed E-state index contributed by atoms with van der Waals surface area (Å²) in [6, 6.07) is 7.85. The molecular formula is C14H14N2O5. The Hall–Kier alpha value is -2.83. The highest BCUT2D eigenvalue weighted by Gasteiger charge is 2.11. The first-order chi connectivity index (χ1) is 10.1. The summed E-state index contributed by atoms with van der Waals surface area (Å²) in [5.41, 5.74) is 0.0602. The van der Waals surface area contributed by atoms with Gasteiger partial charge in [-0.15, -0.1) is 0 Å². The van der Waals surface area contributed by atoms with Crippen molar-refractivity contribution in [2.45, 2.75) is 13.3 Å². The van der Waals surface area contributed by atoms with E-state index in [-0.39, 0.29) is 30.2 Å². The Labute approximate surface area is 120 Å². The Balaban J connectivity index is 1.84. The van der Waals surface area contributed by atoms with E-state index < -0.39 is 5.97 Å². The molecule has 0 atom stereocenters. The van der Waals surface area contributed by atoms with Crippen LogP contribution < -0.4 is 10.1 Å². The third-order valence-electron chi connectivity index (χ3n) is 2.60. The van der Waals surface area contributed by atoms with Crippen LogP contribution in [0.3, 0.4) is 0 Å². The predicted molar refractivity (Wildman–Crippen MR) is 73.4 cm³/mol. The van der Waals surface area contributed by atoms with Crippen LogP contribution in [0.5, 0.6) is 5.75 Å². The van der Waals surface area contributed by atoms with Crippen molar-refractivity contribution in [3.05, 3.63) is 41.7 Å². The van der Waals surface area contributed by atoms with E-state index in [2.05, 4.69) is 10.5 Å². The second-order valence-corrected chi connectivity index (χ2v) is 4.27. The molecule has 0 radical (unpaired) electrons. The molecule has 1 aromatic heterocycles. The molecular weight excluding hydrogens is 276 g/mol. The average molecular weight is 290 g/mol. The second-order valence-electron chi connectivity index (χ2n) is 4.27. The van der Waals surface area contributed by atoms with Gasteiger partial charge in [-0.25, -0.2) is 4.79 Å². The maximum absolute atomic E-state index is 11.6. The number of hydrogen-bond donors (Lipinski definition) is 2. The first-order valence-corrected chi connectivity index (χ1v) is 6.24. The summed E-state index contributed by atoms with van der Waals surface area (Å²) in [6.45, 7) is 1.78. The van der Waals surface area contributed by atoms with Crippen molar-refractivity contribution < 1.29 is 24.0 Å². The highest BCUT2D eigenvalue weighted by atomic mass is 16.5. The molecule has 7 heteroatoms. The Bertz CT molecular complexity index is 650. The van der Waals surface area contributed by atoms with Crippen molar-refractivity contribution in [3.63, 3.8) is 0 Å². The van der Waals surface area contributed by atoms with E-state index in [1.807, 2.05) is 0 Å². The number of carbonyl (C=O) groups excluding carboxylic acids is 1. The van der Waals surface area contributed by atoms with Crippen LogP contribution in [0.2, 0.25) is 0 Å². The number of carboxylic acid groups (broad SMARTS) is 1. The van der Waals surface area contributed by atoms with Crippen LogP contribution in [0.1, 0.15) is 22.5 Å². The lowest BCUT2D eigenvalue weighted by atomic mass is 10.2. The Kier molecular flexibility index (Phi) is 4.55. The molecule has 2 aromatic rings. The topological polar surface area (TPSA) is 102 Å². The summed E-state index contributed by atoms with van der Waals surface area (Å²) in [5, 5.41) is 15.2. The van der Waals surface area contributed by atoms with Crippen LogP contribution in [0, 0.1) is 6.92 Å². The number of aromatic nitrogens is 1. The van der Waals surface area contributed by atoms with Gasteiger partial charge >= 0.3 is 5.97 Å². The average Bonchev–Trinajstić information content (AvgIpc) is 2.84. The highest BCUT2D eigenvalue weighted by molar-refractivity contribution is 5.91. The van der Waals surface area contributed by atoms with E-state index in [4.69, 9.17) is 14.4 Å². The number of benzene rings is 1. The number of carbonyl (C=O) groups is 2. The highest BCUT2D eigenvalue weighted by Crippen LogP contribution is 2.18. The molecule has 0 unspecified atom stereocenters. The Morgan fingerprint density at radius 2 is 2.14 bits per heavy atom. The quantitative estimate of drug-likeness (QED) is 0.844. The zero-order valence-corrected chi connectivity index (χ0v) is 11.3. The molecule has 0 bridgehead atoms. The number of nitrogens with one attached hydrogen (secondary N) is 1. The molecule has 1 amide bonds. The zero-order valence-electron chi connectivity index (χ0n) is 11.3. The molecule has 1 aromatic carbocycles. The molecule has 0 fully saturated rings. The molecule has 0 aliphatic carbocycles. The minimum atomic E-state index is -1.08. The van der Waals surface area contributed by atoms with Crippen molar-refractivity contribution in [2.24, 2.45) is 0 Å². The number of anilines is 1. The van der Waals surface area contributed by atoms with Crippen LogP contribution in [0.4, 0.5) is 5.82 Å². The standard InChI is InChI=1S/C14H14N2O5/c1-9-8-12(16-21-9)15-13(17)6-7-20-11-5-3-2-4-10(11)14(18)19/h2-5,8H,6-7H2,1H3,(H,18,19)(H,15,16,17). The lowest BCUT2D eigenvalue weighted by Gasteiger charge is -2.08. The number of amides is 1. The molecule has 21 heavy (non-hydrogen) atoms. The smallest absolute Gasteiger partial charge is 0.339 e. The van der Waals surface area contributed by atoms with Crippen LogP contribution in [-0.2, 0) is 4.79 Å². The number of rotatable bonds is 6. The Morgan fingerprint density at radius 1 is 1.38 bits per heavy atom. The number of hydrogen-bond acceptors (Lipinski definition) is 5. The molecule has 110 valence electrons. The number of aryl methyl sites for hydroxylation is 1. The summed E-state index contributed by atoms with van der Waals surface area (Å²) in [7, 11) is 0. The molecule has 0 aliphatic heterocycles. The van der Waals surface area contributed by atoms with Crippen LogP contribution in [-0.4, -0.2) is 28.7 Å². The van der Waals surface area contributed by atoms with Crippen molar-refractivity contribution in [1.29, 1.82) is 0 Å². The zero-order chi connectivity index (χ0) is 15.2. The van der Waals surface area contributed by atoms with Gasteiger partial charge in [0.2, 0.25) is 5.91 Å². The SMILES string of the molecule is Cc1cc(NC(=O)CCOc2ccccc2C(=O)O)no1. The molecule has 0 spiro atoms. The first-order valence-electron chi connectivity index (χ1n) is 6.24. The summed E-state index contributed by atoms with van der Waals surface area (Å²) in [5.74, 6) is -0.209. The van der Waals surface area contributed by atoms with Gasteiger partial charge in [-0.2, -0.15) is 0 Å². The normalized spacial score (nSPS) is 10.1. The molecule has 2 rings (SSSR count). The van der Waals surface area contributed by atoms with Crippen LogP contribution in [0.25, 0.3) is 0 Å². The van der Waals surface area contributed by atoms with Gasteiger partial charge in [-0.3, -0.25) is 4.79 Å². The van der Waals surface area contributed by atoms with Gasteiger partial charge in [0.25, 0.3) is 0 Å². The minimum Gasteiger partial charge on any atom is -0.492 e. The third-order valence-corrected chi connectivity index (χ3v) is 2.60. The maximum atomic E-state index is 11.6. The van der Waals surface area contributed by atoms with Gasteiger partial charge in [0, 0.05) is 6.07 Å². The van der Waals surface area contributed by atoms with Crippen LogP contribution >= 0.6 is 0 Å². The second kappa shape index (κ2) is 6.56. The van der Waals surface area contributed by atoms with Gasteiger partial charge < -0.3 is 19.7 Å². The number of aromatic carboxylic acids is 1. The molecule has 0 saturated carbocycles. The lowest BCUT2D eigenvalue weighted by molar-refractivity contribution is -0.116. The van der Waals surface area contributed by atoms with E-state index in [9.17, 15) is 9.59 Å². The van der Waals surface area contributed by atoms with E-state index in [0.717, 1.165) is 0 Å².